The zero-order chi connectivity index (χ0) is 13.6. The van der Waals surface area contributed by atoms with E-state index in [2.05, 4.69) is 5.32 Å². The fourth-order valence-electron chi connectivity index (χ4n) is 1.91. The van der Waals surface area contributed by atoms with Gasteiger partial charge in [0, 0.05) is 5.02 Å². The van der Waals surface area contributed by atoms with E-state index in [4.69, 9.17) is 34.8 Å². The summed E-state index contributed by atoms with van der Waals surface area (Å²) in [4.78, 5) is 12.1. The number of carbonyl (C=O) groups excluding carboxylic acids is 1. The van der Waals surface area contributed by atoms with E-state index in [0.29, 0.717) is 11.4 Å². The van der Waals surface area contributed by atoms with Gasteiger partial charge in [0.15, 0.2) is 0 Å². The Labute approximate surface area is 122 Å². The molecule has 1 aliphatic carbocycles. The maximum Gasteiger partial charge on any atom is 0.229 e. The largest absolute Gasteiger partial charge is 0.349 e. The smallest absolute Gasteiger partial charge is 0.229 e. The second-order valence-electron chi connectivity index (χ2n) is 4.93. The molecule has 5 heteroatoms. The van der Waals surface area contributed by atoms with Gasteiger partial charge in [-0.1, -0.05) is 29.8 Å². The number of carbonyl (C=O) groups is 1. The van der Waals surface area contributed by atoms with Gasteiger partial charge in [0.05, 0.1) is 11.5 Å². The molecule has 1 amide bonds. The summed E-state index contributed by atoms with van der Waals surface area (Å²) >= 11 is 18.1. The lowest BCUT2D eigenvalue weighted by Gasteiger charge is -2.19. The first-order valence-corrected chi connectivity index (χ1v) is 6.84. The topological polar surface area (TPSA) is 29.1 Å². The van der Waals surface area contributed by atoms with E-state index in [9.17, 15) is 4.79 Å². The van der Waals surface area contributed by atoms with Crippen molar-refractivity contribution in [1.29, 1.82) is 0 Å². The summed E-state index contributed by atoms with van der Waals surface area (Å²) in [5, 5.41) is 3.54. The molecule has 1 fully saturated rings. The van der Waals surface area contributed by atoms with Crippen molar-refractivity contribution >= 4 is 40.7 Å². The van der Waals surface area contributed by atoms with Crippen LogP contribution in [0.25, 0.3) is 0 Å². The minimum Gasteiger partial charge on any atom is -0.349 e. The van der Waals surface area contributed by atoms with Crippen molar-refractivity contribution in [2.24, 2.45) is 5.41 Å². The standard InChI is InChI=1S/C13H14Cl3NO/c1-8(9-5-3-4-6-10(9)14)17-11(18)12(2)7-13(12,15)16/h3-6,8H,7H2,1-2H3,(H,17,18). The monoisotopic (exact) mass is 305 g/mol. The van der Waals surface area contributed by atoms with Crippen LogP contribution < -0.4 is 5.32 Å². The molecule has 2 unspecified atom stereocenters. The summed E-state index contributed by atoms with van der Waals surface area (Å²) in [5.74, 6) is -0.139. The summed E-state index contributed by atoms with van der Waals surface area (Å²) in [5.41, 5.74) is 0.178. The Balaban J connectivity index is 2.08. The fraction of sp³-hybridized carbons (Fsp3) is 0.462. The van der Waals surface area contributed by atoms with E-state index in [1.165, 1.54) is 0 Å². The predicted molar refractivity (Wildman–Crippen MR) is 75.2 cm³/mol. The zero-order valence-electron chi connectivity index (χ0n) is 10.1. The van der Waals surface area contributed by atoms with Crippen molar-refractivity contribution in [2.45, 2.75) is 30.6 Å². The number of hydrogen-bond acceptors (Lipinski definition) is 1. The van der Waals surface area contributed by atoms with Crippen molar-refractivity contribution < 1.29 is 4.79 Å². The van der Waals surface area contributed by atoms with Crippen LogP contribution in [-0.2, 0) is 4.79 Å². The predicted octanol–water partition coefficient (Wildman–Crippen LogP) is 4.10. The molecule has 1 N–H and O–H groups in total. The first-order valence-electron chi connectivity index (χ1n) is 5.71. The van der Waals surface area contributed by atoms with Crippen LogP contribution in [0.3, 0.4) is 0 Å². The summed E-state index contributed by atoms with van der Waals surface area (Å²) in [6.45, 7) is 3.65. The first-order chi connectivity index (χ1) is 8.28. The van der Waals surface area contributed by atoms with Gasteiger partial charge in [-0.15, -0.1) is 23.2 Å². The van der Waals surface area contributed by atoms with Gasteiger partial charge in [-0.3, -0.25) is 4.79 Å². The number of halogens is 3. The molecule has 18 heavy (non-hydrogen) atoms. The third kappa shape index (κ3) is 2.34. The maximum absolute atomic E-state index is 12.1. The molecule has 0 heterocycles. The molecule has 98 valence electrons. The van der Waals surface area contributed by atoms with Gasteiger partial charge in [-0.2, -0.15) is 0 Å². The molecule has 2 nitrogen and oxygen atoms in total. The van der Waals surface area contributed by atoms with E-state index in [-0.39, 0.29) is 11.9 Å². The average Bonchev–Trinajstić information content (AvgIpc) is 2.80. The Kier molecular flexibility index (Phi) is 3.56. The molecule has 0 aliphatic heterocycles. The Bertz CT molecular complexity index is 489. The third-order valence-electron chi connectivity index (χ3n) is 3.48. The number of amides is 1. The van der Waals surface area contributed by atoms with E-state index in [0.717, 1.165) is 5.56 Å². The Morgan fingerprint density at radius 1 is 1.39 bits per heavy atom. The molecule has 2 atom stereocenters. The molecular formula is C13H14Cl3NO. The van der Waals surface area contributed by atoms with Crippen molar-refractivity contribution in [2.75, 3.05) is 0 Å². The van der Waals surface area contributed by atoms with Crippen LogP contribution in [0.4, 0.5) is 0 Å². The third-order valence-corrected chi connectivity index (χ3v) is 4.92. The van der Waals surface area contributed by atoms with Crippen LogP contribution in [0.1, 0.15) is 31.9 Å². The van der Waals surface area contributed by atoms with Gasteiger partial charge in [0.1, 0.15) is 4.33 Å². The number of hydrogen-bond donors (Lipinski definition) is 1. The molecule has 1 aliphatic rings. The number of rotatable bonds is 3. The maximum atomic E-state index is 12.1. The number of benzene rings is 1. The molecule has 0 saturated heterocycles. The normalized spacial score (nSPS) is 26.5. The van der Waals surface area contributed by atoms with Gasteiger partial charge in [0.25, 0.3) is 0 Å². The first kappa shape index (κ1) is 14.0. The lowest BCUT2D eigenvalue weighted by atomic mass is 10.1. The van der Waals surface area contributed by atoms with Crippen LogP contribution >= 0.6 is 34.8 Å². The van der Waals surface area contributed by atoms with Crippen molar-refractivity contribution in [3.8, 4) is 0 Å². The summed E-state index contributed by atoms with van der Waals surface area (Å²) in [7, 11) is 0. The Morgan fingerprint density at radius 2 is 1.94 bits per heavy atom. The van der Waals surface area contributed by atoms with Crippen LogP contribution in [0.2, 0.25) is 5.02 Å². The van der Waals surface area contributed by atoms with Crippen molar-refractivity contribution in [1.82, 2.24) is 5.32 Å². The molecule has 1 saturated carbocycles. The summed E-state index contributed by atoms with van der Waals surface area (Å²) in [6, 6.07) is 7.25. The fourth-order valence-corrected chi connectivity index (χ4v) is 2.91. The SMILES string of the molecule is CC(NC(=O)C1(C)CC1(Cl)Cl)c1ccccc1Cl. The average molecular weight is 307 g/mol. The second-order valence-corrected chi connectivity index (χ2v) is 6.82. The van der Waals surface area contributed by atoms with E-state index < -0.39 is 9.75 Å². The summed E-state index contributed by atoms with van der Waals surface area (Å²) in [6.07, 6.45) is 0.476. The van der Waals surface area contributed by atoms with Crippen molar-refractivity contribution in [3.05, 3.63) is 34.9 Å². The Morgan fingerprint density at radius 3 is 2.44 bits per heavy atom. The molecule has 2 rings (SSSR count). The Hall–Kier alpha value is -0.440. The number of nitrogens with one attached hydrogen (secondary N) is 1. The molecule has 0 aromatic heterocycles. The highest BCUT2D eigenvalue weighted by molar-refractivity contribution is 6.53. The van der Waals surface area contributed by atoms with E-state index in [1.807, 2.05) is 25.1 Å². The van der Waals surface area contributed by atoms with E-state index >= 15 is 0 Å². The second kappa shape index (κ2) is 4.59. The van der Waals surface area contributed by atoms with Crippen LogP contribution in [0.15, 0.2) is 24.3 Å². The van der Waals surface area contributed by atoms with Crippen molar-refractivity contribution in [3.63, 3.8) is 0 Å². The van der Waals surface area contributed by atoms with Gasteiger partial charge >= 0.3 is 0 Å². The van der Waals surface area contributed by atoms with E-state index in [1.54, 1.807) is 13.0 Å². The highest BCUT2D eigenvalue weighted by Crippen LogP contribution is 2.63. The molecule has 0 radical (unpaired) electrons. The van der Waals surface area contributed by atoms with Crippen LogP contribution in [0.5, 0.6) is 0 Å². The van der Waals surface area contributed by atoms with Gasteiger partial charge in [0.2, 0.25) is 5.91 Å². The highest BCUT2D eigenvalue weighted by atomic mass is 35.5. The lowest BCUT2D eigenvalue weighted by Crippen LogP contribution is -2.35. The highest BCUT2D eigenvalue weighted by Gasteiger charge is 2.67. The van der Waals surface area contributed by atoms with Gasteiger partial charge < -0.3 is 5.32 Å². The van der Waals surface area contributed by atoms with Gasteiger partial charge in [-0.05, 0) is 31.9 Å². The molecular weight excluding hydrogens is 293 g/mol. The van der Waals surface area contributed by atoms with Crippen LogP contribution in [0, 0.1) is 5.41 Å². The minimum absolute atomic E-state index is 0.139. The zero-order valence-corrected chi connectivity index (χ0v) is 12.4. The van der Waals surface area contributed by atoms with Crippen LogP contribution in [-0.4, -0.2) is 10.2 Å². The quantitative estimate of drug-likeness (QED) is 0.837. The summed E-state index contributed by atoms with van der Waals surface area (Å²) < 4.78 is -0.947. The molecule has 1 aromatic rings. The van der Waals surface area contributed by atoms with Gasteiger partial charge in [-0.25, -0.2) is 0 Å². The lowest BCUT2D eigenvalue weighted by molar-refractivity contribution is -0.126. The molecule has 1 aromatic carbocycles. The minimum atomic E-state index is -0.947. The molecule has 0 bridgehead atoms. The molecule has 0 spiro atoms. The number of alkyl halides is 2.